The lowest BCUT2D eigenvalue weighted by molar-refractivity contribution is 0.965. The lowest BCUT2D eigenvalue weighted by Gasteiger charge is -2.08. The number of rotatable bonds is 4. The second-order valence-corrected chi connectivity index (χ2v) is 5.44. The lowest BCUT2D eigenvalue weighted by Crippen LogP contribution is -2.23. The molecule has 4 heteroatoms. The van der Waals surface area contributed by atoms with Gasteiger partial charge in [0.15, 0.2) is 5.96 Å². The molecule has 0 aliphatic carbocycles. The largest absolute Gasteiger partial charge is 0.370 e. The number of halogens is 1. The van der Waals surface area contributed by atoms with Gasteiger partial charge in [0.2, 0.25) is 0 Å². The first-order valence-electron chi connectivity index (χ1n) is 6.94. The number of aryl methyl sites for hydroxylation is 2. The fourth-order valence-corrected chi connectivity index (χ4v) is 2.23. The molecule has 0 atom stereocenters. The smallest absolute Gasteiger partial charge is 0.193 e. The molecule has 0 bridgehead atoms. The van der Waals surface area contributed by atoms with Crippen molar-refractivity contribution in [3.63, 3.8) is 0 Å². The van der Waals surface area contributed by atoms with Crippen molar-refractivity contribution in [1.82, 2.24) is 0 Å². The van der Waals surface area contributed by atoms with Gasteiger partial charge in [-0.05, 0) is 55.2 Å². The summed E-state index contributed by atoms with van der Waals surface area (Å²) in [6, 6.07) is 13.9. The van der Waals surface area contributed by atoms with E-state index in [2.05, 4.69) is 36.3 Å². The first-order valence-corrected chi connectivity index (χ1v) is 7.31. The molecule has 0 saturated carbocycles. The maximum absolute atomic E-state index is 6.11. The van der Waals surface area contributed by atoms with Gasteiger partial charge < -0.3 is 11.1 Å². The average Bonchev–Trinajstić information content (AvgIpc) is 2.45. The number of guanidine groups is 1. The van der Waals surface area contributed by atoms with Crippen LogP contribution in [0.4, 0.5) is 5.69 Å². The van der Waals surface area contributed by atoms with E-state index in [-0.39, 0.29) is 0 Å². The van der Waals surface area contributed by atoms with Crippen molar-refractivity contribution in [2.45, 2.75) is 20.3 Å². The number of hydrogen-bond acceptors (Lipinski definition) is 1. The average molecular weight is 302 g/mol. The van der Waals surface area contributed by atoms with Crippen molar-refractivity contribution in [3.05, 3.63) is 64.2 Å². The van der Waals surface area contributed by atoms with Crippen LogP contribution >= 0.6 is 11.6 Å². The van der Waals surface area contributed by atoms with E-state index in [1.54, 1.807) is 0 Å². The summed E-state index contributed by atoms with van der Waals surface area (Å²) in [6.45, 7) is 4.76. The van der Waals surface area contributed by atoms with Gasteiger partial charge in [0, 0.05) is 17.3 Å². The standard InChI is InChI=1S/C17H20ClN3/c1-12-7-8-15(11-13(12)2)21-17(19)20-10-9-14-5-3-4-6-16(14)18/h3-8,11H,9-10H2,1-2H3,(H3,19,20,21). The molecular weight excluding hydrogens is 282 g/mol. The maximum Gasteiger partial charge on any atom is 0.193 e. The van der Waals surface area contributed by atoms with E-state index in [1.807, 2.05) is 30.3 Å². The van der Waals surface area contributed by atoms with Crippen molar-refractivity contribution in [1.29, 1.82) is 0 Å². The number of nitrogens with zero attached hydrogens (tertiary/aromatic N) is 1. The topological polar surface area (TPSA) is 50.4 Å². The van der Waals surface area contributed by atoms with Gasteiger partial charge in [0.25, 0.3) is 0 Å². The number of nitrogens with one attached hydrogen (secondary N) is 1. The summed E-state index contributed by atoms with van der Waals surface area (Å²) < 4.78 is 0. The zero-order valence-corrected chi connectivity index (χ0v) is 13.1. The van der Waals surface area contributed by atoms with Crippen LogP contribution in [0, 0.1) is 13.8 Å². The predicted octanol–water partition coefficient (Wildman–Crippen LogP) is 3.93. The molecule has 0 aliphatic heterocycles. The molecular formula is C17H20ClN3. The minimum Gasteiger partial charge on any atom is -0.370 e. The number of aliphatic imine (C=N–C) groups is 1. The van der Waals surface area contributed by atoms with E-state index in [0.717, 1.165) is 22.7 Å². The van der Waals surface area contributed by atoms with Gasteiger partial charge in [-0.3, -0.25) is 4.99 Å². The minimum atomic E-state index is 0.422. The maximum atomic E-state index is 6.11. The highest BCUT2D eigenvalue weighted by Crippen LogP contribution is 2.16. The van der Waals surface area contributed by atoms with E-state index in [1.165, 1.54) is 11.1 Å². The summed E-state index contributed by atoms with van der Waals surface area (Å²) >= 11 is 6.11. The molecule has 110 valence electrons. The molecule has 2 aromatic rings. The zero-order chi connectivity index (χ0) is 15.2. The number of nitrogens with two attached hydrogens (primary N) is 1. The summed E-state index contributed by atoms with van der Waals surface area (Å²) in [5.74, 6) is 0.422. The Hall–Kier alpha value is -2.00. The van der Waals surface area contributed by atoms with Gasteiger partial charge in [-0.1, -0.05) is 35.9 Å². The van der Waals surface area contributed by atoms with Gasteiger partial charge in [-0.2, -0.15) is 0 Å². The molecule has 0 spiro atoms. The van der Waals surface area contributed by atoms with Crippen LogP contribution in [0.2, 0.25) is 5.02 Å². The Morgan fingerprint density at radius 3 is 2.62 bits per heavy atom. The molecule has 0 amide bonds. The van der Waals surface area contributed by atoms with Crippen LogP contribution < -0.4 is 11.1 Å². The molecule has 0 aromatic heterocycles. The fraction of sp³-hybridized carbons (Fsp3) is 0.235. The van der Waals surface area contributed by atoms with Crippen LogP contribution in [-0.2, 0) is 6.42 Å². The lowest BCUT2D eigenvalue weighted by atomic mass is 10.1. The zero-order valence-electron chi connectivity index (χ0n) is 12.4. The summed E-state index contributed by atoms with van der Waals surface area (Å²) in [4.78, 5) is 4.33. The van der Waals surface area contributed by atoms with Gasteiger partial charge in [0.05, 0.1) is 0 Å². The van der Waals surface area contributed by atoms with Crippen molar-refractivity contribution in [2.24, 2.45) is 10.7 Å². The third-order valence-corrected chi connectivity index (χ3v) is 3.77. The van der Waals surface area contributed by atoms with Crippen molar-refractivity contribution >= 4 is 23.2 Å². The second kappa shape index (κ2) is 7.14. The molecule has 2 aromatic carbocycles. The number of benzene rings is 2. The molecule has 3 nitrogen and oxygen atoms in total. The Labute approximate surface area is 130 Å². The van der Waals surface area contributed by atoms with Crippen LogP contribution in [-0.4, -0.2) is 12.5 Å². The molecule has 0 radical (unpaired) electrons. The highest BCUT2D eigenvalue weighted by Gasteiger charge is 2.00. The Balaban J connectivity index is 1.92. The predicted molar refractivity (Wildman–Crippen MR) is 91.2 cm³/mol. The van der Waals surface area contributed by atoms with Gasteiger partial charge in [0.1, 0.15) is 0 Å². The highest BCUT2D eigenvalue weighted by molar-refractivity contribution is 6.31. The van der Waals surface area contributed by atoms with E-state index in [9.17, 15) is 0 Å². The highest BCUT2D eigenvalue weighted by atomic mass is 35.5. The first-order chi connectivity index (χ1) is 10.1. The van der Waals surface area contributed by atoms with Gasteiger partial charge in [-0.15, -0.1) is 0 Å². The summed E-state index contributed by atoms with van der Waals surface area (Å²) in [7, 11) is 0. The molecule has 0 unspecified atom stereocenters. The SMILES string of the molecule is Cc1ccc(NC(N)=NCCc2ccccc2Cl)cc1C. The summed E-state index contributed by atoms with van der Waals surface area (Å²) in [6.07, 6.45) is 0.773. The van der Waals surface area contributed by atoms with Crippen LogP contribution in [0.15, 0.2) is 47.5 Å². The number of hydrogen-bond donors (Lipinski definition) is 2. The van der Waals surface area contributed by atoms with Crippen molar-refractivity contribution in [2.75, 3.05) is 11.9 Å². The Kier molecular flexibility index (Phi) is 5.23. The van der Waals surface area contributed by atoms with Crippen LogP contribution in [0.3, 0.4) is 0 Å². The quantitative estimate of drug-likeness (QED) is 0.664. The van der Waals surface area contributed by atoms with Crippen molar-refractivity contribution in [3.8, 4) is 0 Å². The van der Waals surface area contributed by atoms with E-state index in [4.69, 9.17) is 17.3 Å². The number of anilines is 1. The molecule has 0 fully saturated rings. The Bertz CT molecular complexity index is 650. The van der Waals surface area contributed by atoms with E-state index < -0.39 is 0 Å². The van der Waals surface area contributed by atoms with Crippen LogP contribution in [0.25, 0.3) is 0 Å². The molecule has 0 saturated heterocycles. The fourth-order valence-electron chi connectivity index (χ4n) is 2.00. The molecule has 21 heavy (non-hydrogen) atoms. The molecule has 0 aliphatic rings. The Morgan fingerprint density at radius 1 is 1.14 bits per heavy atom. The first kappa shape index (κ1) is 15.4. The van der Waals surface area contributed by atoms with Gasteiger partial charge in [-0.25, -0.2) is 0 Å². The summed E-state index contributed by atoms with van der Waals surface area (Å²) in [5.41, 5.74) is 10.4. The monoisotopic (exact) mass is 301 g/mol. The third-order valence-electron chi connectivity index (χ3n) is 3.40. The van der Waals surface area contributed by atoms with E-state index >= 15 is 0 Å². The van der Waals surface area contributed by atoms with Crippen molar-refractivity contribution < 1.29 is 0 Å². The molecule has 0 heterocycles. The summed E-state index contributed by atoms with van der Waals surface area (Å²) in [5, 5.41) is 3.88. The second-order valence-electron chi connectivity index (χ2n) is 5.03. The Morgan fingerprint density at radius 2 is 1.90 bits per heavy atom. The molecule has 2 rings (SSSR count). The normalized spacial score (nSPS) is 11.5. The van der Waals surface area contributed by atoms with Gasteiger partial charge >= 0.3 is 0 Å². The third kappa shape index (κ3) is 4.50. The minimum absolute atomic E-state index is 0.422. The van der Waals surface area contributed by atoms with Crippen LogP contribution in [0.5, 0.6) is 0 Å². The van der Waals surface area contributed by atoms with Crippen LogP contribution in [0.1, 0.15) is 16.7 Å². The molecule has 3 N–H and O–H groups in total. The van der Waals surface area contributed by atoms with E-state index in [0.29, 0.717) is 12.5 Å².